The van der Waals surface area contributed by atoms with E-state index in [2.05, 4.69) is 10.6 Å². The van der Waals surface area contributed by atoms with Crippen molar-refractivity contribution in [3.05, 3.63) is 83.4 Å². The highest BCUT2D eigenvalue weighted by Crippen LogP contribution is 2.42. The Balaban J connectivity index is 1.59. The topological polar surface area (TPSA) is 85.9 Å². The van der Waals surface area contributed by atoms with E-state index >= 15 is 0 Å². The normalized spacial score (nSPS) is 12.1. The lowest BCUT2D eigenvalue weighted by Gasteiger charge is -2.28. The van der Waals surface area contributed by atoms with Crippen molar-refractivity contribution in [1.82, 2.24) is 10.6 Å². The molecule has 3 aromatic rings. The number of amides is 2. The van der Waals surface area contributed by atoms with Gasteiger partial charge in [0.2, 0.25) is 0 Å². The number of methoxy groups -OCH3 is 1. The van der Waals surface area contributed by atoms with E-state index in [1.165, 1.54) is 14.2 Å². The third kappa shape index (κ3) is 4.16. The number of hydrogen-bond acceptors (Lipinski definition) is 5. The van der Waals surface area contributed by atoms with Gasteiger partial charge in [0.1, 0.15) is 11.5 Å². The van der Waals surface area contributed by atoms with E-state index in [0.717, 1.165) is 11.1 Å². The van der Waals surface area contributed by atoms with E-state index in [-0.39, 0.29) is 24.5 Å². The fourth-order valence-corrected chi connectivity index (χ4v) is 3.42. The monoisotopic (exact) mass is 418 g/mol. The Kier molecular flexibility index (Phi) is 5.75. The lowest BCUT2D eigenvalue weighted by Crippen LogP contribution is -2.31. The highest BCUT2D eigenvalue weighted by molar-refractivity contribution is 5.95. The summed E-state index contributed by atoms with van der Waals surface area (Å²) in [6, 6.07) is 19.7. The molecule has 0 bridgehead atoms. The number of para-hydroxylation sites is 2. The molecule has 0 saturated carbocycles. The number of benzene rings is 3. The van der Waals surface area contributed by atoms with Gasteiger partial charge in [0.05, 0.1) is 13.2 Å². The highest BCUT2D eigenvalue weighted by Gasteiger charge is 2.28. The number of fused-ring (bicyclic) bond motifs is 2. The molecule has 0 unspecified atom stereocenters. The van der Waals surface area contributed by atoms with Gasteiger partial charge in [-0.05, 0) is 30.3 Å². The van der Waals surface area contributed by atoms with Crippen molar-refractivity contribution in [2.45, 2.75) is 6.04 Å². The maximum absolute atomic E-state index is 13.1. The quantitative estimate of drug-likeness (QED) is 0.641. The van der Waals surface area contributed by atoms with Crippen molar-refractivity contribution in [2.24, 2.45) is 0 Å². The number of nitrogens with one attached hydrogen (secondary N) is 2. The molecule has 158 valence electrons. The van der Waals surface area contributed by atoms with Crippen molar-refractivity contribution in [3.63, 3.8) is 0 Å². The zero-order valence-corrected chi connectivity index (χ0v) is 17.2. The molecular formula is C24H22N2O5. The van der Waals surface area contributed by atoms with Crippen LogP contribution in [0.3, 0.4) is 0 Å². The molecule has 2 N–H and O–H groups in total. The molecule has 0 radical (unpaired) electrons. The van der Waals surface area contributed by atoms with Crippen molar-refractivity contribution >= 4 is 11.8 Å². The summed E-state index contributed by atoms with van der Waals surface area (Å²) < 4.78 is 16.8. The first-order valence-corrected chi connectivity index (χ1v) is 9.78. The Hall–Kier alpha value is -4.00. The molecular weight excluding hydrogens is 396 g/mol. The van der Waals surface area contributed by atoms with Crippen molar-refractivity contribution < 1.29 is 23.8 Å². The smallest absolute Gasteiger partial charge is 0.257 e. The Morgan fingerprint density at radius 3 is 2.19 bits per heavy atom. The SMILES string of the molecule is CNC(=O)COc1ccc(C(=O)NC2c3ccccc3Oc3ccccc32)cc1OC. The van der Waals surface area contributed by atoms with Gasteiger partial charge >= 0.3 is 0 Å². The standard InChI is InChI=1S/C24H22N2O5/c1-25-22(27)14-30-20-12-11-15(13-21(20)29-2)24(28)26-23-16-7-3-5-9-18(16)31-19-10-6-4-8-17(19)23/h3-13,23H,14H2,1-2H3,(H,25,27)(H,26,28). The van der Waals surface area contributed by atoms with Gasteiger partial charge in [0, 0.05) is 23.7 Å². The molecule has 0 saturated heterocycles. The fraction of sp³-hybridized carbons (Fsp3) is 0.167. The molecule has 0 atom stereocenters. The first kappa shape index (κ1) is 20.3. The second-order valence-corrected chi connectivity index (χ2v) is 6.91. The maximum atomic E-state index is 13.1. The lowest BCUT2D eigenvalue weighted by molar-refractivity contribution is -0.122. The number of ether oxygens (including phenoxy) is 3. The molecule has 3 aromatic carbocycles. The lowest BCUT2D eigenvalue weighted by atomic mass is 9.94. The summed E-state index contributed by atoms with van der Waals surface area (Å²) in [5.74, 6) is 1.63. The molecule has 7 heteroatoms. The van der Waals surface area contributed by atoms with Crippen LogP contribution >= 0.6 is 0 Å². The van der Waals surface area contributed by atoms with Crippen LogP contribution in [0.25, 0.3) is 0 Å². The molecule has 0 spiro atoms. The Morgan fingerprint density at radius 2 is 1.58 bits per heavy atom. The summed E-state index contributed by atoms with van der Waals surface area (Å²) in [6.45, 7) is -0.145. The van der Waals surface area contributed by atoms with Crippen LogP contribution in [0.15, 0.2) is 66.7 Å². The van der Waals surface area contributed by atoms with Crippen LogP contribution in [-0.2, 0) is 4.79 Å². The molecule has 0 aliphatic carbocycles. The molecule has 0 fully saturated rings. The van der Waals surface area contributed by atoms with Crippen molar-refractivity contribution in [3.8, 4) is 23.0 Å². The molecule has 2 amide bonds. The summed E-state index contributed by atoms with van der Waals surface area (Å²) in [7, 11) is 3.01. The second-order valence-electron chi connectivity index (χ2n) is 6.91. The van der Waals surface area contributed by atoms with E-state index in [1.807, 2.05) is 48.5 Å². The number of rotatable bonds is 6. The van der Waals surface area contributed by atoms with Gasteiger partial charge in [-0.15, -0.1) is 0 Å². The van der Waals surface area contributed by atoms with Gasteiger partial charge in [-0.25, -0.2) is 0 Å². The van der Waals surface area contributed by atoms with Crippen LogP contribution in [0.4, 0.5) is 0 Å². The first-order chi connectivity index (χ1) is 15.1. The average molecular weight is 418 g/mol. The maximum Gasteiger partial charge on any atom is 0.257 e. The third-order valence-electron chi connectivity index (χ3n) is 5.02. The van der Waals surface area contributed by atoms with E-state index < -0.39 is 0 Å². The van der Waals surface area contributed by atoms with Gasteiger partial charge in [-0.2, -0.15) is 0 Å². The molecule has 4 rings (SSSR count). The van der Waals surface area contributed by atoms with E-state index in [0.29, 0.717) is 28.6 Å². The summed E-state index contributed by atoms with van der Waals surface area (Å²) in [6.07, 6.45) is 0. The van der Waals surface area contributed by atoms with Gasteiger partial charge in [-0.1, -0.05) is 36.4 Å². The van der Waals surface area contributed by atoms with Gasteiger partial charge in [0.15, 0.2) is 18.1 Å². The van der Waals surface area contributed by atoms with Crippen LogP contribution in [0.2, 0.25) is 0 Å². The summed E-state index contributed by atoms with van der Waals surface area (Å²) in [4.78, 5) is 24.5. The van der Waals surface area contributed by atoms with Crippen molar-refractivity contribution in [2.75, 3.05) is 20.8 Å². The van der Waals surface area contributed by atoms with Gasteiger partial charge in [-0.3, -0.25) is 9.59 Å². The minimum atomic E-state index is -0.358. The number of hydrogen-bond donors (Lipinski definition) is 2. The largest absolute Gasteiger partial charge is 0.493 e. The molecule has 7 nitrogen and oxygen atoms in total. The van der Waals surface area contributed by atoms with Gasteiger partial charge < -0.3 is 24.8 Å². The van der Waals surface area contributed by atoms with Crippen LogP contribution in [0, 0.1) is 0 Å². The van der Waals surface area contributed by atoms with E-state index in [1.54, 1.807) is 18.2 Å². The van der Waals surface area contributed by atoms with Crippen LogP contribution in [0.1, 0.15) is 27.5 Å². The van der Waals surface area contributed by atoms with Crippen LogP contribution in [0.5, 0.6) is 23.0 Å². The predicted octanol–water partition coefficient (Wildman–Crippen LogP) is 3.45. The van der Waals surface area contributed by atoms with Gasteiger partial charge in [0.25, 0.3) is 11.8 Å². The summed E-state index contributed by atoms with van der Waals surface area (Å²) >= 11 is 0. The molecule has 1 aliphatic heterocycles. The molecule has 31 heavy (non-hydrogen) atoms. The second kappa shape index (κ2) is 8.79. The number of likely N-dealkylation sites (N-methyl/N-ethyl adjacent to an activating group) is 1. The zero-order valence-electron chi connectivity index (χ0n) is 17.2. The average Bonchev–Trinajstić information content (AvgIpc) is 2.82. The summed E-state index contributed by atoms with van der Waals surface area (Å²) in [5, 5.41) is 5.58. The highest BCUT2D eigenvalue weighted by atomic mass is 16.5. The number of carbonyl (C=O) groups is 2. The van der Waals surface area contributed by atoms with Crippen LogP contribution in [-0.4, -0.2) is 32.6 Å². The minimum absolute atomic E-state index is 0.145. The summed E-state index contributed by atoms with van der Waals surface area (Å²) in [5.41, 5.74) is 2.17. The number of carbonyl (C=O) groups excluding carboxylic acids is 2. The predicted molar refractivity (Wildman–Crippen MR) is 115 cm³/mol. The molecule has 0 aromatic heterocycles. The van der Waals surface area contributed by atoms with Crippen molar-refractivity contribution in [1.29, 1.82) is 0 Å². The third-order valence-corrected chi connectivity index (χ3v) is 5.02. The molecule has 1 aliphatic rings. The zero-order chi connectivity index (χ0) is 21.8. The first-order valence-electron chi connectivity index (χ1n) is 9.78. The van der Waals surface area contributed by atoms with Crippen LogP contribution < -0.4 is 24.8 Å². The Bertz CT molecular complexity index is 1080. The molecule has 1 heterocycles. The Morgan fingerprint density at radius 1 is 0.935 bits per heavy atom. The van der Waals surface area contributed by atoms with E-state index in [4.69, 9.17) is 14.2 Å². The fourth-order valence-electron chi connectivity index (χ4n) is 3.42. The minimum Gasteiger partial charge on any atom is -0.493 e. The van der Waals surface area contributed by atoms with E-state index in [9.17, 15) is 9.59 Å². The Labute approximate surface area is 179 Å².